The second kappa shape index (κ2) is 8.14. The fourth-order valence-corrected chi connectivity index (χ4v) is 3.94. The standard InChI is InChI=1S/C20H21ClFN5O/c21-16-4-1-5-17(18(16)22)24-10-14(28)9-13-3-2-8-27(11-13)20-15-6-7-23-19(15)25-12-26-20/h1,4-7,12-13,24H,2-3,8-11H2,(H,23,25,26)/t13-/m0/s1. The lowest BCUT2D eigenvalue weighted by atomic mass is 9.92. The highest BCUT2D eigenvalue weighted by Gasteiger charge is 2.24. The molecular weight excluding hydrogens is 381 g/mol. The van der Waals surface area contributed by atoms with E-state index in [0.717, 1.165) is 42.8 Å². The van der Waals surface area contributed by atoms with Gasteiger partial charge in [0.05, 0.1) is 22.6 Å². The number of aromatic nitrogens is 3. The van der Waals surface area contributed by atoms with Crippen molar-refractivity contribution >= 4 is 39.9 Å². The van der Waals surface area contributed by atoms with E-state index in [1.165, 1.54) is 6.07 Å². The van der Waals surface area contributed by atoms with Crippen LogP contribution in [0.15, 0.2) is 36.8 Å². The summed E-state index contributed by atoms with van der Waals surface area (Å²) in [5, 5.41) is 3.90. The SMILES string of the molecule is O=C(CNc1cccc(Cl)c1F)C[C@@H]1CCCN(c2ncnc3[nH]ccc23)C1. The number of halogens is 2. The van der Waals surface area contributed by atoms with Crippen LogP contribution in [-0.4, -0.2) is 40.4 Å². The molecule has 0 amide bonds. The molecule has 0 bridgehead atoms. The van der Waals surface area contributed by atoms with Crippen LogP contribution in [0, 0.1) is 11.7 Å². The van der Waals surface area contributed by atoms with Gasteiger partial charge in [-0.05, 0) is 37.0 Å². The Kier molecular flexibility index (Phi) is 5.43. The molecule has 1 aliphatic heterocycles. The van der Waals surface area contributed by atoms with E-state index in [4.69, 9.17) is 11.6 Å². The Morgan fingerprint density at radius 2 is 2.25 bits per heavy atom. The highest BCUT2D eigenvalue weighted by Crippen LogP contribution is 2.28. The monoisotopic (exact) mass is 401 g/mol. The zero-order chi connectivity index (χ0) is 19.5. The molecule has 2 N–H and O–H groups in total. The molecule has 28 heavy (non-hydrogen) atoms. The van der Waals surface area contributed by atoms with Gasteiger partial charge in [0.2, 0.25) is 0 Å². The van der Waals surface area contributed by atoms with Crippen LogP contribution in [0.25, 0.3) is 11.0 Å². The topological polar surface area (TPSA) is 73.9 Å². The lowest BCUT2D eigenvalue weighted by molar-refractivity contribution is -0.118. The Morgan fingerprint density at radius 3 is 3.14 bits per heavy atom. The molecule has 0 aliphatic carbocycles. The summed E-state index contributed by atoms with van der Waals surface area (Å²) in [5.74, 6) is 0.680. The lowest BCUT2D eigenvalue weighted by Crippen LogP contribution is -2.37. The Labute approximate surface area is 167 Å². The summed E-state index contributed by atoms with van der Waals surface area (Å²) in [6, 6.07) is 6.69. The first-order chi connectivity index (χ1) is 13.6. The van der Waals surface area contributed by atoms with Crippen LogP contribution in [0.3, 0.4) is 0 Å². The van der Waals surface area contributed by atoms with Crippen molar-refractivity contribution in [1.82, 2.24) is 15.0 Å². The number of carbonyl (C=O) groups is 1. The molecular formula is C20H21ClFN5O. The smallest absolute Gasteiger partial charge is 0.164 e. The summed E-state index contributed by atoms with van der Waals surface area (Å²) in [6.45, 7) is 1.77. The summed E-state index contributed by atoms with van der Waals surface area (Å²) in [4.78, 5) is 26.4. The molecule has 1 aliphatic rings. The molecule has 0 unspecified atom stereocenters. The Hall–Kier alpha value is -2.67. The third-order valence-electron chi connectivity index (χ3n) is 5.10. The van der Waals surface area contributed by atoms with E-state index in [0.29, 0.717) is 6.42 Å². The van der Waals surface area contributed by atoms with Crippen LogP contribution in [0.2, 0.25) is 5.02 Å². The number of ketones is 1. The minimum absolute atomic E-state index is 0.0429. The maximum atomic E-state index is 13.9. The van der Waals surface area contributed by atoms with Crippen LogP contribution in [0.5, 0.6) is 0 Å². The number of carbonyl (C=O) groups excluding carboxylic acids is 1. The minimum Gasteiger partial charge on any atom is -0.376 e. The number of benzene rings is 1. The van der Waals surface area contributed by atoms with Crippen molar-refractivity contribution < 1.29 is 9.18 Å². The van der Waals surface area contributed by atoms with Gasteiger partial charge in [0.25, 0.3) is 0 Å². The number of nitrogens with zero attached hydrogens (tertiary/aromatic N) is 3. The van der Waals surface area contributed by atoms with Crippen molar-refractivity contribution in [1.29, 1.82) is 0 Å². The summed E-state index contributed by atoms with van der Waals surface area (Å²) >= 11 is 5.77. The van der Waals surface area contributed by atoms with Gasteiger partial charge in [0, 0.05) is 25.7 Å². The largest absolute Gasteiger partial charge is 0.376 e. The quantitative estimate of drug-likeness (QED) is 0.652. The maximum absolute atomic E-state index is 13.9. The first kappa shape index (κ1) is 18.7. The molecule has 0 radical (unpaired) electrons. The predicted molar refractivity (Wildman–Crippen MR) is 108 cm³/mol. The fourth-order valence-electron chi connectivity index (χ4n) is 3.76. The van der Waals surface area contributed by atoms with Crippen molar-refractivity contribution in [3.63, 3.8) is 0 Å². The first-order valence-electron chi connectivity index (χ1n) is 9.34. The van der Waals surface area contributed by atoms with E-state index in [-0.39, 0.29) is 29.0 Å². The zero-order valence-electron chi connectivity index (χ0n) is 15.3. The number of anilines is 2. The van der Waals surface area contributed by atoms with Crippen LogP contribution in [0.1, 0.15) is 19.3 Å². The maximum Gasteiger partial charge on any atom is 0.164 e. The summed E-state index contributed by atoms with van der Waals surface area (Å²) < 4.78 is 13.9. The number of Topliss-reactive ketones (excluding diaryl/α,β-unsaturated/α-hetero) is 1. The fraction of sp³-hybridized carbons (Fsp3) is 0.350. The number of piperidine rings is 1. The van der Waals surface area contributed by atoms with Crippen LogP contribution >= 0.6 is 11.6 Å². The van der Waals surface area contributed by atoms with Gasteiger partial charge in [-0.25, -0.2) is 14.4 Å². The lowest BCUT2D eigenvalue weighted by Gasteiger charge is -2.33. The average Bonchev–Trinajstić information content (AvgIpc) is 3.18. The molecule has 1 atom stereocenters. The molecule has 6 nitrogen and oxygen atoms in total. The molecule has 1 saturated heterocycles. The Balaban J connectivity index is 1.36. The van der Waals surface area contributed by atoms with Gasteiger partial charge in [0.1, 0.15) is 17.8 Å². The van der Waals surface area contributed by atoms with E-state index in [1.54, 1.807) is 18.5 Å². The summed E-state index contributed by atoms with van der Waals surface area (Å²) in [5.41, 5.74) is 1.07. The van der Waals surface area contributed by atoms with Gasteiger partial charge in [-0.1, -0.05) is 17.7 Å². The van der Waals surface area contributed by atoms with Crippen molar-refractivity contribution in [2.45, 2.75) is 19.3 Å². The number of hydrogen-bond acceptors (Lipinski definition) is 5. The average molecular weight is 402 g/mol. The van der Waals surface area contributed by atoms with E-state index < -0.39 is 5.82 Å². The van der Waals surface area contributed by atoms with Gasteiger partial charge < -0.3 is 15.2 Å². The first-order valence-corrected chi connectivity index (χ1v) is 9.72. The molecule has 0 spiro atoms. The number of rotatable bonds is 6. The Morgan fingerprint density at radius 1 is 1.36 bits per heavy atom. The molecule has 1 fully saturated rings. The Bertz CT molecular complexity index is 992. The molecule has 1 aromatic carbocycles. The molecule has 2 aromatic heterocycles. The third-order valence-corrected chi connectivity index (χ3v) is 5.39. The van der Waals surface area contributed by atoms with Crippen LogP contribution < -0.4 is 10.2 Å². The van der Waals surface area contributed by atoms with E-state index >= 15 is 0 Å². The van der Waals surface area contributed by atoms with Crippen molar-refractivity contribution in [2.75, 3.05) is 29.9 Å². The number of nitrogens with one attached hydrogen (secondary N) is 2. The second-order valence-corrected chi connectivity index (χ2v) is 7.50. The van der Waals surface area contributed by atoms with Gasteiger partial charge in [-0.2, -0.15) is 0 Å². The molecule has 3 aromatic rings. The highest BCUT2D eigenvalue weighted by atomic mass is 35.5. The van der Waals surface area contributed by atoms with Gasteiger partial charge in [-0.3, -0.25) is 4.79 Å². The predicted octanol–water partition coefficient (Wildman–Crippen LogP) is 4.04. The number of aromatic amines is 1. The van der Waals surface area contributed by atoms with Crippen molar-refractivity contribution in [3.8, 4) is 0 Å². The highest BCUT2D eigenvalue weighted by molar-refractivity contribution is 6.31. The number of hydrogen-bond donors (Lipinski definition) is 2. The zero-order valence-corrected chi connectivity index (χ0v) is 16.0. The molecule has 4 rings (SSSR count). The molecule has 146 valence electrons. The normalized spacial score (nSPS) is 17.1. The molecule has 3 heterocycles. The van der Waals surface area contributed by atoms with Gasteiger partial charge in [0.15, 0.2) is 11.6 Å². The van der Waals surface area contributed by atoms with Crippen molar-refractivity contribution in [3.05, 3.63) is 47.6 Å². The van der Waals surface area contributed by atoms with Gasteiger partial charge in [-0.15, -0.1) is 0 Å². The van der Waals surface area contributed by atoms with Crippen molar-refractivity contribution in [2.24, 2.45) is 5.92 Å². The van der Waals surface area contributed by atoms with Gasteiger partial charge >= 0.3 is 0 Å². The third kappa shape index (κ3) is 3.94. The number of fused-ring (bicyclic) bond motifs is 1. The summed E-state index contributed by atoms with van der Waals surface area (Å²) in [7, 11) is 0. The van der Waals surface area contributed by atoms with Crippen LogP contribution in [-0.2, 0) is 4.79 Å². The second-order valence-electron chi connectivity index (χ2n) is 7.09. The van der Waals surface area contributed by atoms with E-state index in [9.17, 15) is 9.18 Å². The van der Waals surface area contributed by atoms with E-state index in [2.05, 4.69) is 25.2 Å². The molecule has 8 heteroatoms. The molecule has 0 saturated carbocycles. The summed E-state index contributed by atoms with van der Waals surface area (Å²) in [6.07, 6.45) is 5.87. The minimum atomic E-state index is -0.528. The van der Waals surface area contributed by atoms with E-state index in [1.807, 2.05) is 12.3 Å². The number of H-pyrrole nitrogens is 1. The van der Waals surface area contributed by atoms with Crippen LogP contribution in [0.4, 0.5) is 15.9 Å².